The van der Waals surface area contributed by atoms with Crippen LogP contribution in [0.2, 0.25) is 0 Å². The third-order valence-electron chi connectivity index (χ3n) is 5.12. The van der Waals surface area contributed by atoms with Crippen molar-refractivity contribution in [2.45, 2.75) is 45.1 Å². The molecule has 6 nitrogen and oxygen atoms in total. The zero-order valence-electron chi connectivity index (χ0n) is 14.9. The molecule has 0 aliphatic heterocycles. The zero-order chi connectivity index (χ0) is 18.1. The average Bonchev–Trinajstić information content (AvgIpc) is 3.37. The van der Waals surface area contributed by atoms with Gasteiger partial charge in [0, 0.05) is 30.1 Å². The van der Waals surface area contributed by atoms with Gasteiger partial charge in [-0.05, 0) is 50.7 Å². The fourth-order valence-electron chi connectivity index (χ4n) is 3.40. The Morgan fingerprint density at radius 1 is 1.23 bits per heavy atom. The van der Waals surface area contributed by atoms with E-state index in [1.54, 1.807) is 0 Å². The van der Waals surface area contributed by atoms with Crippen LogP contribution in [0.3, 0.4) is 0 Å². The lowest BCUT2D eigenvalue weighted by Crippen LogP contribution is -2.39. The number of hydrogen-bond donors (Lipinski definition) is 2. The van der Waals surface area contributed by atoms with Crippen LogP contribution in [0.15, 0.2) is 28.8 Å². The second-order valence-corrected chi connectivity index (χ2v) is 7.37. The predicted octanol–water partition coefficient (Wildman–Crippen LogP) is 2.41. The van der Waals surface area contributed by atoms with Crippen molar-refractivity contribution in [1.29, 1.82) is 0 Å². The normalized spacial score (nSPS) is 18.9. The largest absolute Gasteiger partial charge is 0.360 e. The maximum Gasteiger partial charge on any atom is 0.273 e. The molecule has 1 fully saturated rings. The molecule has 1 aromatic heterocycles. The molecular weight excluding hydrogens is 330 g/mol. The summed E-state index contributed by atoms with van der Waals surface area (Å²) in [6.45, 7) is 2.67. The molecule has 0 radical (unpaired) electrons. The summed E-state index contributed by atoms with van der Waals surface area (Å²) in [7, 11) is 0. The average molecular weight is 353 g/mol. The van der Waals surface area contributed by atoms with Gasteiger partial charge in [0.2, 0.25) is 0 Å². The van der Waals surface area contributed by atoms with E-state index >= 15 is 0 Å². The summed E-state index contributed by atoms with van der Waals surface area (Å²) in [4.78, 5) is 24.9. The molecule has 0 saturated heterocycles. The van der Waals surface area contributed by atoms with Gasteiger partial charge in [-0.2, -0.15) is 0 Å². The van der Waals surface area contributed by atoms with E-state index in [4.69, 9.17) is 4.52 Å². The standard InChI is InChI=1S/C20H23N3O3/c1-12-3-2-4-14(9-12)19(24)22-15-7-8-17-16(10-15)18(23-26-17)20(25)21-11-13-5-6-13/h2-4,9,13,15H,5-8,10-11H2,1H3,(H,21,25)(H,22,24). The topological polar surface area (TPSA) is 84.2 Å². The molecule has 2 aliphatic carbocycles. The highest BCUT2D eigenvalue weighted by atomic mass is 16.5. The summed E-state index contributed by atoms with van der Waals surface area (Å²) in [6.07, 6.45) is 4.40. The van der Waals surface area contributed by atoms with E-state index in [2.05, 4.69) is 15.8 Å². The number of fused-ring (bicyclic) bond motifs is 1. The molecule has 26 heavy (non-hydrogen) atoms. The maximum atomic E-state index is 12.5. The molecule has 1 heterocycles. The van der Waals surface area contributed by atoms with Gasteiger partial charge in [0.05, 0.1) is 0 Å². The first-order chi connectivity index (χ1) is 12.6. The Kier molecular flexibility index (Phi) is 4.49. The maximum absolute atomic E-state index is 12.5. The Labute approximate surface area is 152 Å². The molecule has 1 unspecified atom stereocenters. The van der Waals surface area contributed by atoms with Gasteiger partial charge in [-0.15, -0.1) is 0 Å². The van der Waals surface area contributed by atoms with Crippen LogP contribution in [-0.2, 0) is 12.8 Å². The van der Waals surface area contributed by atoms with E-state index < -0.39 is 0 Å². The van der Waals surface area contributed by atoms with E-state index in [0.29, 0.717) is 36.6 Å². The predicted molar refractivity (Wildman–Crippen MR) is 96.0 cm³/mol. The molecule has 2 N–H and O–H groups in total. The Bertz CT molecular complexity index is 839. The van der Waals surface area contributed by atoms with Gasteiger partial charge in [0.1, 0.15) is 5.76 Å². The lowest BCUT2D eigenvalue weighted by Gasteiger charge is -2.22. The second-order valence-electron chi connectivity index (χ2n) is 7.37. The Balaban J connectivity index is 1.42. The summed E-state index contributed by atoms with van der Waals surface area (Å²) >= 11 is 0. The summed E-state index contributed by atoms with van der Waals surface area (Å²) in [6, 6.07) is 7.51. The van der Waals surface area contributed by atoms with Crippen molar-refractivity contribution >= 4 is 11.8 Å². The fraction of sp³-hybridized carbons (Fsp3) is 0.450. The van der Waals surface area contributed by atoms with E-state index in [9.17, 15) is 9.59 Å². The minimum Gasteiger partial charge on any atom is -0.360 e. The highest BCUT2D eigenvalue weighted by Gasteiger charge is 2.30. The molecule has 1 atom stereocenters. The minimum atomic E-state index is -0.174. The zero-order valence-corrected chi connectivity index (χ0v) is 14.9. The Morgan fingerprint density at radius 2 is 2.08 bits per heavy atom. The number of carbonyl (C=O) groups is 2. The van der Waals surface area contributed by atoms with E-state index in [1.165, 1.54) is 12.8 Å². The first-order valence-electron chi connectivity index (χ1n) is 9.23. The van der Waals surface area contributed by atoms with Crippen LogP contribution in [0.1, 0.15) is 57.0 Å². The molecule has 0 spiro atoms. The number of carbonyl (C=O) groups excluding carboxylic acids is 2. The summed E-state index contributed by atoms with van der Waals surface area (Å²) in [5.74, 6) is 1.12. The summed E-state index contributed by atoms with van der Waals surface area (Å²) in [5, 5.41) is 10.00. The molecule has 2 amide bonds. The molecular formula is C20H23N3O3. The number of nitrogens with zero attached hydrogens (tertiary/aromatic N) is 1. The third-order valence-corrected chi connectivity index (χ3v) is 5.12. The smallest absolute Gasteiger partial charge is 0.273 e. The van der Waals surface area contributed by atoms with Gasteiger partial charge in [0.15, 0.2) is 5.69 Å². The van der Waals surface area contributed by atoms with E-state index in [-0.39, 0.29) is 17.9 Å². The number of nitrogens with one attached hydrogen (secondary N) is 2. The minimum absolute atomic E-state index is 0.0232. The first kappa shape index (κ1) is 16.8. The van der Waals surface area contributed by atoms with Gasteiger partial charge in [-0.1, -0.05) is 22.9 Å². The lowest BCUT2D eigenvalue weighted by molar-refractivity contribution is 0.0931. The molecule has 136 valence electrons. The van der Waals surface area contributed by atoms with Crippen molar-refractivity contribution in [2.24, 2.45) is 5.92 Å². The van der Waals surface area contributed by atoms with Crippen LogP contribution < -0.4 is 10.6 Å². The van der Waals surface area contributed by atoms with Crippen LogP contribution in [0, 0.1) is 12.8 Å². The van der Waals surface area contributed by atoms with Gasteiger partial charge in [0.25, 0.3) is 11.8 Å². The van der Waals surface area contributed by atoms with Gasteiger partial charge >= 0.3 is 0 Å². The third kappa shape index (κ3) is 3.64. The van der Waals surface area contributed by atoms with Crippen molar-refractivity contribution in [1.82, 2.24) is 15.8 Å². The van der Waals surface area contributed by atoms with Crippen molar-refractivity contribution < 1.29 is 14.1 Å². The molecule has 6 heteroatoms. The Morgan fingerprint density at radius 3 is 2.85 bits per heavy atom. The van der Waals surface area contributed by atoms with E-state index in [0.717, 1.165) is 23.3 Å². The molecule has 1 aromatic carbocycles. The van der Waals surface area contributed by atoms with Crippen molar-refractivity contribution in [3.05, 3.63) is 52.4 Å². The first-order valence-corrected chi connectivity index (χ1v) is 9.23. The number of aryl methyl sites for hydroxylation is 2. The van der Waals surface area contributed by atoms with Crippen LogP contribution in [0.25, 0.3) is 0 Å². The van der Waals surface area contributed by atoms with Crippen molar-refractivity contribution in [3.8, 4) is 0 Å². The number of aromatic nitrogens is 1. The lowest BCUT2D eigenvalue weighted by atomic mass is 9.91. The molecule has 1 saturated carbocycles. The molecule has 2 aromatic rings. The molecule has 0 bridgehead atoms. The number of amides is 2. The van der Waals surface area contributed by atoms with Crippen molar-refractivity contribution in [2.75, 3.05) is 6.54 Å². The van der Waals surface area contributed by atoms with Gasteiger partial charge in [-0.3, -0.25) is 9.59 Å². The van der Waals surface area contributed by atoms with Crippen LogP contribution in [0.4, 0.5) is 0 Å². The summed E-state index contributed by atoms with van der Waals surface area (Å²) in [5.41, 5.74) is 2.91. The number of benzene rings is 1. The number of rotatable bonds is 5. The second kappa shape index (κ2) is 6.94. The Hall–Kier alpha value is -2.63. The van der Waals surface area contributed by atoms with Gasteiger partial charge in [-0.25, -0.2) is 0 Å². The fourth-order valence-corrected chi connectivity index (χ4v) is 3.40. The highest BCUT2D eigenvalue weighted by Crippen LogP contribution is 2.28. The van der Waals surface area contributed by atoms with Crippen LogP contribution in [0.5, 0.6) is 0 Å². The van der Waals surface area contributed by atoms with Crippen molar-refractivity contribution in [3.63, 3.8) is 0 Å². The quantitative estimate of drug-likeness (QED) is 0.864. The van der Waals surface area contributed by atoms with Crippen LogP contribution >= 0.6 is 0 Å². The highest BCUT2D eigenvalue weighted by molar-refractivity contribution is 5.95. The molecule has 4 rings (SSSR count). The monoisotopic (exact) mass is 353 g/mol. The van der Waals surface area contributed by atoms with Gasteiger partial charge < -0.3 is 15.2 Å². The number of hydrogen-bond acceptors (Lipinski definition) is 4. The molecule has 2 aliphatic rings. The SMILES string of the molecule is Cc1cccc(C(=O)NC2CCc3onc(C(=O)NCC4CC4)c3C2)c1. The van der Waals surface area contributed by atoms with Crippen LogP contribution in [-0.4, -0.2) is 29.6 Å². The summed E-state index contributed by atoms with van der Waals surface area (Å²) < 4.78 is 5.36. The van der Waals surface area contributed by atoms with E-state index in [1.807, 2.05) is 31.2 Å².